The summed E-state index contributed by atoms with van der Waals surface area (Å²) in [6.45, 7) is 0. The Kier molecular flexibility index (Phi) is 3.65. The van der Waals surface area contributed by atoms with Crippen molar-refractivity contribution in [3.8, 4) is 0 Å². The molecule has 3 heteroatoms. The molecule has 0 saturated heterocycles. The van der Waals surface area contributed by atoms with Crippen molar-refractivity contribution in [3.63, 3.8) is 0 Å². The standard InChI is InChI=1S/C18H15NO2/c20-18(21)16(12-13-6-2-1-3-7-13)14-10-11-19-17-9-5-4-8-15(14)17/h1-11,16H,12H2,(H,20,21). The number of carbonyl (C=O) groups is 1. The summed E-state index contributed by atoms with van der Waals surface area (Å²) < 4.78 is 0. The van der Waals surface area contributed by atoms with Gasteiger partial charge in [0, 0.05) is 11.6 Å². The van der Waals surface area contributed by atoms with Crippen LogP contribution in [0.1, 0.15) is 17.0 Å². The quantitative estimate of drug-likeness (QED) is 0.792. The van der Waals surface area contributed by atoms with Crippen LogP contribution in [0.15, 0.2) is 66.9 Å². The molecule has 0 amide bonds. The maximum atomic E-state index is 11.7. The fourth-order valence-corrected chi connectivity index (χ4v) is 2.60. The van der Waals surface area contributed by atoms with E-state index in [-0.39, 0.29) is 0 Å². The number of rotatable bonds is 4. The van der Waals surface area contributed by atoms with Crippen LogP contribution in [0.3, 0.4) is 0 Å². The lowest BCUT2D eigenvalue weighted by molar-refractivity contribution is -0.138. The summed E-state index contributed by atoms with van der Waals surface area (Å²) in [7, 11) is 0. The van der Waals surface area contributed by atoms with Gasteiger partial charge in [0.05, 0.1) is 11.4 Å². The highest BCUT2D eigenvalue weighted by molar-refractivity contribution is 5.88. The van der Waals surface area contributed by atoms with E-state index in [1.54, 1.807) is 6.20 Å². The minimum Gasteiger partial charge on any atom is -0.481 e. The zero-order chi connectivity index (χ0) is 14.7. The molecule has 0 aliphatic heterocycles. The Morgan fingerprint density at radius 1 is 1.00 bits per heavy atom. The summed E-state index contributed by atoms with van der Waals surface area (Å²) in [4.78, 5) is 16.0. The van der Waals surface area contributed by atoms with Crippen molar-refractivity contribution in [1.82, 2.24) is 4.98 Å². The molecule has 1 heterocycles. The molecule has 1 unspecified atom stereocenters. The van der Waals surface area contributed by atoms with Crippen LogP contribution < -0.4 is 0 Å². The van der Waals surface area contributed by atoms with Crippen molar-refractivity contribution in [2.75, 3.05) is 0 Å². The van der Waals surface area contributed by atoms with Crippen LogP contribution in [0.4, 0.5) is 0 Å². The molecule has 0 saturated carbocycles. The first-order valence-electron chi connectivity index (χ1n) is 6.86. The molecule has 0 aliphatic carbocycles. The van der Waals surface area contributed by atoms with Crippen LogP contribution in [0.25, 0.3) is 10.9 Å². The van der Waals surface area contributed by atoms with Gasteiger partial charge in [0.2, 0.25) is 0 Å². The number of benzene rings is 2. The number of aromatic nitrogens is 1. The van der Waals surface area contributed by atoms with Gasteiger partial charge in [0.1, 0.15) is 0 Å². The Labute approximate surface area is 122 Å². The lowest BCUT2D eigenvalue weighted by Gasteiger charge is -2.15. The predicted octanol–water partition coefficient (Wildman–Crippen LogP) is 3.65. The van der Waals surface area contributed by atoms with Crippen LogP contribution in [-0.2, 0) is 11.2 Å². The Balaban J connectivity index is 2.06. The topological polar surface area (TPSA) is 50.2 Å². The van der Waals surface area contributed by atoms with Gasteiger partial charge in [-0.2, -0.15) is 0 Å². The summed E-state index contributed by atoms with van der Waals surface area (Å²) in [5, 5.41) is 10.5. The SMILES string of the molecule is O=C(O)C(Cc1ccccc1)c1ccnc2ccccc12. The van der Waals surface area contributed by atoms with Crippen LogP contribution in [0, 0.1) is 0 Å². The molecule has 3 nitrogen and oxygen atoms in total. The van der Waals surface area contributed by atoms with Gasteiger partial charge in [0.15, 0.2) is 0 Å². The third-order valence-electron chi connectivity index (χ3n) is 3.64. The highest BCUT2D eigenvalue weighted by Gasteiger charge is 2.22. The molecule has 0 spiro atoms. The van der Waals surface area contributed by atoms with Gasteiger partial charge in [-0.15, -0.1) is 0 Å². The summed E-state index contributed by atoms with van der Waals surface area (Å²) in [5.74, 6) is -1.38. The van der Waals surface area contributed by atoms with Crippen LogP contribution in [0.2, 0.25) is 0 Å². The number of carboxylic acids is 1. The molecule has 0 fully saturated rings. The molecule has 21 heavy (non-hydrogen) atoms. The van der Waals surface area contributed by atoms with E-state index in [4.69, 9.17) is 0 Å². The largest absolute Gasteiger partial charge is 0.481 e. The number of pyridine rings is 1. The Morgan fingerprint density at radius 3 is 2.48 bits per heavy atom. The van der Waals surface area contributed by atoms with E-state index >= 15 is 0 Å². The van der Waals surface area contributed by atoms with Crippen molar-refractivity contribution in [2.45, 2.75) is 12.3 Å². The van der Waals surface area contributed by atoms with Gasteiger partial charge in [-0.05, 0) is 29.7 Å². The van der Waals surface area contributed by atoms with E-state index in [9.17, 15) is 9.90 Å². The van der Waals surface area contributed by atoms with Crippen molar-refractivity contribution >= 4 is 16.9 Å². The van der Waals surface area contributed by atoms with Crippen LogP contribution >= 0.6 is 0 Å². The summed E-state index contributed by atoms with van der Waals surface area (Å²) >= 11 is 0. The number of hydrogen-bond donors (Lipinski definition) is 1. The second-order valence-corrected chi connectivity index (χ2v) is 5.00. The highest BCUT2D eigenvalue weighted by atomic mass is 16.4. The van der Waals surface area contributed by atoms with Crippen molar-refractivity contribution in [1.29, 1.82) is 0 Å². The second-order valence-electron chi connectivity index (χ2n) is 5.00. The van der Waals surface area contributed by atoms with Crippen molar-refractivity contribution in [2.24, 2.45) is 0 Å². The fourth-order valence-electron chi connectivity index (χ4n) is 2.60. The predicted molar refractivity (Wildman–Crippen MR) is 82.3 cm³/mol. The Morgan fingerprint density at radius 2 is 1.71 bits per heavy atom. The molecule has 3 rings (SSSR count). The Hall–Kier alpha value is -2.68. The average Bonchev–Trinajstić information content (AvgIpc) is 2.53. The number of aliphatic carboxylic acids is 1. The number of nitrogens with zero attached hydrogens (tertiary/aromatic N) is 1. The molecule has 2 aromatic carbocycles. The van der Waals surface area contributed by atoms with Gasteiger partial charge in [-0.1, -0.05) is 48.5 Å². The van der Waals surface area contributed by atoms with E-state index in [2.05, 4.69) is 4.98 Å². The lowest BCUT2D eigenvalue weighted by Crippen LogP contribution is -2.15. The Bertz CT molecular complexity index is 763. The molecule has 1 N–H and O–H groups in total. The molecule has 0 bridgehead atoms. The molecule has 0 radical (unpaired) electrons. The van der Waals surface area contributed by atoms with Crippen LogP contribution in [0.5, 0.6) is 0 Å². The number of carboxylic acid groups (broad SMARTS) is 1. The average molecular weight is 277 g/mol. The van der Waals surface area contributed by atoms with E-state index in [0.29, 0.717) is 6.42 Å². The first-order valence-corrected chi connectivity index (χ1v) is 6.86. The third kappa shape index (κ3) is 2.77. The van der Waals surface area contributed by atoms with Crippen molar-refractivity contribution in [3.05, 3.63) is 78.0 Å². The molecule has 0 aliphatic rings. The molecular weight excluding hydrogens is 262 g/mol. The molecule has 104 valence electrons. The first kappa shape index (κ1) is 13.3. The molecule has 1 atom stereocenters. The monoisotopic (exact) mass is 277 g/mol. The third-order valence-corrected chi connectivity index (χ3v) is 3.64. The van der Waals surface area contributed by atoms with Crippen LogP contribution in [-0.4, -0.2) is 16.1 Å². The first-order chi connectivity index (χ1) is 10.3. The molecule has 3 aromatic rings. The summed E-state index contributed by atoms with van der Waals surface area (Å²) in [6.07, 6.45) is 2.16. The van der Waals surface area contributed by atoms with E-state index in [1.807, 2.05) is 60.7 Å². The second kappa shape index (κ2) is 5.75. The summed E-state index contributed by atoms with van der Waals surface area (Å²) in [5.41, 5.74) is 2.66. The van der Waals surface area contributed by atoms with E-state index < -0.39 is 11.9 Å². The maximum Gasteiger partial charge on any atom is 0.311 e. The zero-order valence-corrected chi connectivity index (χ0v) is 11.4. The smallest absolute Gasteiger partial charge is 0.311 e. The normalized spacial score (nSPS) is 12.2. The number of para-hydroxylation sites is 1. The molecule has 1 aromatic heterocycles. The summed E-state index contributed by atoms with van der Waals surface area (Å²) in [6, 6.07) is 19.2. The maximum absolute atomic E-state index is 11.7. The van der Waals surface area contributed by atoms with Crippen molar-refractivity contribution < 1.29 is 9.90 Å². The fraction of sp³-hybridized carbons (Fsp3) is 0.111. The molecular formula is C18H15NO2. The minimum atomic E-state index is -0.810. The van der Waals surface area contributed by atoms with Gasteiger partial charge in [-0.3, -0.25) is 9.78 Å². The highest BCUT2D eigenvalue weighted by Crippen LogP contribution is 2.27. The van der Waals surface area contributed by atoms with Gasteiger partial charge >= 0.3 is 5.97 Å². The van der Waals surface area contributed by atoms with Gasteiger partial charge in [-0.25, -0.2) is 0 Å². The lowest BCUT2D eigenvalue weighted by atomic mass is 9.90. The van der Waals surface area contributed by atoms with Gasteiger partial charge < -0.3 is 5.11 Å². The number of hydrogen-bond acceptors (Lipinski definition) is 2. The van der Waals surface area contributed by atoms with Gasteiger partial charge in [0.25, 0.3) is 0 Å². The minimum absolute atomic E-state index is 0.476. The van der Waals surface area contributed by atoms with E-state index in [0.717, 1.165) is 22.0 Å². The zero-order valence-electron chi connectivity index (χ0n) is 11.4. The van der Waals surface area contributed by atoms with E-state index in [1.165, 1.54) is 0 Å². The number of fused-ring (bicyclic) bond motifs is 1.